The predicted octanol–water partition coefficient (Wildman–Crippen LogP) is 1.17. The average Bonchev–Trinajstić information content (AvgIpc) is 2.31. The molecule has 116 valence electrons. The summed E-state index contributed by atoms with van der Waals surface area (Å²) >= 11 is 0. The molecule has 0 aromatic heterocycles. The van der Waals surface area contributed by atoms with Gasteiger partial charge in [-0.25, -0.2) is 4.79 Å². The van der Waals surface area contributed by atoms with Crippen molar-refractivity contribution in [1.29, 1.82) is 0 Å². The van der Waals surface area contributed by atoms with Crippen molar-refractivity contribution in [3.8, 4) is 0 Å². The van der Waals surface area contributed by atoms with Crippen LogP contribution in [0, 0.1) is 5.92 Å². The van der Waals surface area contributed by atoms with Gasteiger partial charge in [-0.05, 0) is 33.4 Å². The van der Waals surface area contributed by atoms with Gasteiger partial charge < -0.3 is 19.8 Å². The lowest BCUT2D eigenvalue weighted by atomic mass is 9.75. The van der Waals surface area contributed by atoms with Gasteiger partial charge in [-0.3, -0.25) is 4.79 Å². The molecule has 6 heteroatoms. The SMILES string of the molecule is CC(CN(C)C(=O)N(C)CC1(N(C)C)CCC1)C(=O)O. The van der Waals surface area contributed by atoms with Crippen molar-refractivity contribution in [2.45, 2.75) is 31.7 Å². The highest BCUT2D eigenvalue weighted by molar-refractivity contribution is 5.75. The highest BCUT2D eigenvalue weighted by atomic mass is 16.4. The molecule has 1 unspecified atom stereocenters. The Morgan fingerprint density at radius 3 is 2.05 bits per heavy atom. The molecule has 1 fully saturated rings. The molecule has 0 radical (unpaired) electrons. The summed E-state index contributed by atoms with van der Waals surface area (Å²) in [6.45, 7) is 2.53. The minimum absolute atomic E-state index is 0.0870. The number of rotatable bonds is 6. The number of hydrogen-bond donors (Lipinski definition) is 1. The van der Waals surface area contributed by atoms with Gasteiger partial charge in [0.05, 0.1) is 5.92 Å². The quantitative estimate of drug-likeness (QED) is 0.796. The third-order valence-electron chi connectivity index (χ3n) is 4.39. The highest BCUT2D eigenvalue weighted by Crippen LogP contribution is 2.36. The molecule has 1 aliphatic rings. The van der Waals surface area contributed by atoms with Gasteiger partial charge in [0.2, 0.25) is 0 Å². The summed E-state index contributed by atoms with van der Waals surface area (Å²) in [5, 5.41) is 8.90. The maximum atomic E-state index is 12.3. The predicted molar refractivity (Wildman–Crippen MR) is 77.7 cm³/mol. The number of likely N-dealkylation sites (N-methyl/N-ethyl adjacent to an activating group) is 2. The number of carbonyl (C=O) groups is 2. The van der Waals surface area contributed by atoms with E-state index in [0.29, 0.717) is 6.54 Å². The fraction of sp³-hybridized carbons (Fsp3) is 0.857. The van der Waals surface area contributed by atoms with E-state index in [4.69, 9.17) is 5.11 Å². The van der Waals surface area contributed by atoms with Crippen molar-refractivity contribution in [2.75, 3.05) is 41.3 Å². The topological polar surface area (TPSA) is 64.1 Å². The lowest BCUT2D eigenvalue weighted by molar-refractivity contribution is -0.141. The first kappa shape index (κ1) is 16.8. The maximum absolute atomic E-state index is 12.3. The number of carboxylic acid groups (broad SMARTS) is 1. The molecule has 0 aliphatic heterocycles. The molecule has 1 atom stereocenters. The first-order chi connectivity index (χ1) is 9.19. The number of carboxylic acids is 1. The van der Waals surface area contributed by atoms with Gasteiger partial charge >= 0.3 is 12.0 Å². The van der Waals surface area contributed by atoms with E-state index in [1.165, 1.54) is 11.3 Å². The Kier molecular flexibility index (Phi) is 5.39. The first-order valence-corrected chi connectivity index (χ1v) is 7.06. The average molecular weight is 285 g/mol. The van der Waals surface area contributed by atoms with Crippen LogP contribution in [0.1, 0.15) is 26.2 Å². The Morgan fingerprint density at radius 2 is 1.70 bits per heavy atom. The van der Waals surface area contributed by atoms with Crippen molar-refractivity contribution in [3.05, 3.63) is 0 Å². The second-order valence-electron chi connectivity index (χ2n) is 6.23. The van der Waals surface area contributed by atoms with Crippen LogP contribution in [0.5, 0.6) is 0 Å². The molecule has 0 heterocycles. The number of carbonyl (C=O) groups excluding carboxylic acids is 1. The summed E-state index contributed by atoms with van der Waals surface area (Å²) in [5.74, 6) is -1.43. The summed E-state index contributed by atoms with van der Waals surface area (Å²) in [4.78, 5) is 28.5. The Bertz CT molecular complexity index is 367. The Hall–Kier alpha value is -1.30. The van der Waals surface area contributed by atoms with Crippen molar-refractivity contribution in [1.82, 2.24) is 14.7 Å². The third kappa shape index (κ3) is 3.62. The zero-order valence-corrected chi connectivity index (χ0v) is 13.2. The first-order valence-electron chi connectivity index (χ1n) is 7.06. The highest BCUT2D eigenvalue weighted by Gasteiger charge is 2.41. The normalized spacial score (nSPS) is 18.3. The zero-order valence-electron chi connectivity index (χ0n) is 13.2. The van der Waals surface area contributed by atoms with E-state index in [1.807, 2.05) is 14.1 Å². The minimum Gasteiger partial charge on any atom is -0.481 e. The molecule has 20 heavy (non-hydrogen) atoms. The van der Waals surface area contributed by atoms with E-state index in [2.05, 4.69) is 4.90 Å². The molecule has 1 aliphatic carbocycles. The summed E-state index contributed by atoms with van der Waals surface area (Å²) < 4.78 is 0. The molecule has 0 aromatic rings. The molecule has 0 saturated heterocycles. The van der Waals surface area contributed by atoms with Crippen LogP contribution >= 0.6 is 0 Å². The molecule has 2 amide bonds. The Labute approximate surface area is 121 Å². The number of aliphatic carboxylic acids is 1. The maximum Gasteiger partial charge on any atom is 0.319 e. The van der Waals surface area contributed by atoms with Gasteiger partial charge in [-0.2, -0.15) is 0 Å². The van der Waals surface area contributed by atoms with E-state index in [0.717, 1.165) is 12.8 Å². The van der Waals surface area contributed by atoms with Gasteiger partial charge in [0.25, 0.3) is 0 Å². The lowest BCUT2D eigenvalue weighted by Gasteiger charge is -2.49. The standard InChI is InChI=1S/C14H27N3O3/c1-11(12(18)19)9-16(4)13(20)17(5)10-14(15(2)3)7-6-8-14/h11H,6-10H2,1-5H3,(H,18,19). The lowest BCUT2D eigenvalue weighted by Crippen LogP contribution is -2.58. The summed E-state index contributed by atoms with van der Waals surface area (Å²) in [6, 6.07) is -0.119. The van der Waals surface area contributed by atoms with Crippen LogP contribution in [0.25, 0.3) is 0 Å². The molecule has 0 aromatic carbocycles. The third-order valence-corrected chi connectivity index (χ3v) is 4.39. The molecule has 6 nitrogen and oxygen atoms in total. The smallest absolute Gasteiger partial charge is 0.319 e. The second kappa shape index (κ2) is 6.43. The van der Waals surface area contributed by atoms with E-state index < -0.39 is 11.9 Å². The van der Waals surface area contributed by atoms with Crippen LogP contribution < -0.4 is 0 Å². The van der Waals surface area contributed by atoms with Gasteiger partial charge in [0, 0.05) is 32.7 Å². The van der Waals surface area contributed by atoms with E-state index in [1.54, 1.807) is 25.9 Å². The monoisotopic (exact) mass is 285 g/mol. The largest absolute Gasteiger partial charge is 0.481 e. The van der Waals surface area contributed by atoms with E-state index in [9.17, 15) is 9.59 Å². The number of amides is 2. The number of hydrogen-bond acceptors (Lipinski definition) is 3. The summed E-state index contributed by atoms with van der Waals surface area (Å²) in [5.41, 5.74) is 0.0870. The molecule has 1 rings (SSSR count). The van der Waals surface area contributed by atoms with Gasteiger partial charge in [0.15, 0.2) is 0 Å². The molecular formula is C14H27N3O3. The van der Waals surface area contributed by atoms with Crippen molar-refractivity contribution in [2.24, 2.45) is 5.92 Å². The molecule has 0 bridgehead atoms. The molecule has 1 N–H and O–H groups in total. The fourth-order valence-corrected chi connectivity index (χ4v) is 2.70. The van der Waals surface area contributed by atoms with Crippen molar-refractivity contribution < 1.29 is 14.7 Å². The Morgan fingerprint density at radius 1 is 1.15 bits per heavy atom. The molecule has 0 spiro atoms. The van der Waals surface area contributed by atoms with Crippen LogP contribution in [0.3, 0.4) is 0 Å². The molecule has 1 saturated carbocycles. The van der Waals surface area contributed by atoms with Gasteiger partial charge in [-0.1, -0.05) is 6.92 Å². The second-order valence-corrected chi connectivity index (χ2v) is 6.23. The van der Waals surface area contributed by atoms with Gasteiger partial charge in [-0.15, -0.1) is 0 Å². The Balaban J connectivity index is 2.56. The summed E-state index contributed by atoms with van der Waals surface area (Å²) in [7, 11) is 7.54. The van der Waals surface area contributed by atoms with Crippen LogP contribution in [-0.4, -0.2) is 78.6 Å². The van der Waals surface area contributed by atoms with Crippen LogP contribution in [0.15, 0.2) is 0 Å². The van der Waals surface area contributed by atoms with Gasteiger partial charge in [0.1, 0.15) is 0 Å². The number of urea groups is 1. The van der Waals surface area contributed by atoms with E-state index >= 15 is 0 Å². The fourth-order valence-electron chi connectivity index (χ4n) is 2.70. The van der Waals surface area contributed by atoms with Crippen molar-refractivity contribution in [3.63, 3.8) is 0 Å². The minimum atomic E-state index is -0.879. The number of nitrogens with zero attached hydrogens (tertiary/aromatic N) is 3. The van der Waals surface area contributed by atoms with Crippen LogP contribution in [0.2, 0.25) is 0 Å². The van der Waals surface area contributed by atoms with E-state index in [-0.39, 0.29) is 18.1 Å². The van der Waals surface area contributed by atoms with Crippen LogP contribution in [-0.2, 0) is 4.79 Å². The molecular weight excluding hydrogens is 258 g/mol. The summed E-state index contributed by atoms with van der Waals surface area (Å²) in [6.07, 6.45) is 3.41. The zero-order chi connectivity index (χ0) is 15.5. The van der Waals surface area contributed by atoms with Crippen molar-refractivity contribution >= 4 is 12.0 Å². The van der Waals surface area contributed by atoms with Crippen LogP contribution in [0.4, 0.5) is 4.79 Å².